The first kappa shape index (κ1) is 21.2. The van der Waals surface area contributed by atoms with Crippen LogP contribution in [0.15, 0.2) is 18.2 Å². The third kappa shape index (κ3) is 5.22. The van der Waals surface area contributed by atoms with E-state index in [-0.39, 0.29) is 12.0 Å². The largest absolute Gasteiger partial charge is 0.490 e. The van der Waals surface area contributed by atoms with Gasteiger partial charge in [-0.3, -0.25) is 4.79 Å². The summed E-state index contributed by atoms with van der Waals surface area (Å²) in [5, 5.41) is 2.92. The molecule has 0 spiro atoms. The van der Waals surface area contributed by atoms with Crippen molar-refractivity contribution in [1.29, 1.82) is 0 Å². The highest BCUT2D eigenvalue weighted by molar-refractivity contribution is 5.99. The molecule has 6 nitrogen and oxygen atoms in total. The summed E-state index contributed by atoms with van der Waals surface area (Å²) in [5.41, 5.74) is 0.0571. The standard InChI is InChI=1S/C21H31NO5/c1-5-13-26-21(11-7-8-12-21)20(24)22-16-9-10-18(27-15(3)6-2)17(14-16)19(23)25-4/h9-10,14-15H,5-8,11-13H2,1-4H3,(H,22,24). The lowest BCUT2D eigenvalue weighted by atomic mass is 10.0. The highest BCUT2D eigenvalue weighted by atomic mass is 16.5. The molecule has 2 rings (SSSR count). The van der Waals surface area contributed by atoms with Crippen LogP contribution in [0.3, 0.4) is 0 Å². The molecule has 6 heteroatoms. The number of hydrogen-bond donors (Lipinski definition) is 1. The first-order valence-electron chi connectivity index (χ1n) is 9.80. The van der Waals surface area contributed by atoms with Gasteiger partial charge in [0.2, 0.25) is 0 Å². The zero-order valence-corrected chi connectivity index (χ0v) is 16.8. The smallest absolute Gasteiger partial charge is 0.341 e. The Morgan fingerprint density at radius 1 is 1.22 bits per heavy atom. The van der Waals surface area contributed by atoms with E-state index < -0.39 is 11.6 Å². The Labute approximate surface area is 161 Å². The quantitative estimate of drug-likeness (QED) is 0.649. The van der Waals surface area contributed by atoms with Crippen molar-refractivity contribution >= 4 is 17.6 Å². The van der Waals surface area contributed by atoms with Gasteiger partial charge in [0.25, 0.3) is 5.91 Å². The van der Waals surface area contributed by atoms with E-state index in [1.165, 1.54) is 7.11 Å². The Bertz CT molecular complexity index is 652. The minimum absolute atomic E-state index is 0.0296. The van der Waals surface area contributed by atoms with E-state index in [0.29, 0.717) is 23.6 Å². The minimum atomic E-state index is -0.771. The third-order valence-electron chi connectivity index (χ3n) is 4.95. The van der Waals surface area contributed by atoms with Crippen molar-refractivity contribution in [2.24, 2.45) is 0 Å². The van der Waals surface area contributed by atoms with Gasteiger partial charge in [-0.15, -0.1) is 0 Å². The van der Waals surface area contributed by atoms with Gasteiger partial charge in [-0.05, 0) is 63.6 Å². The van der Waals surface area contributed by atoms with Crippen molar-refractivity contribution in [3.8, 4) is 5.75 Å². The summed E-state index contributed by atoms with van der Waals surface area (Å²) < 4.78 is 16.6. The number of benzene rings is 1. The van der Waals surface area contributed by atoms with E-state index in [4.69, 9.17) is 14.2 Å². The van der Waals surface area contributed by atoms with Gasteiger partial charge in [0.15, 0.2) is 0 Å². The molecule has 0 aromatic heterocycles. The van der Waals surface area contributed by atoms with Crippen LogP contribution < -0.4 is 10.1 Å². The molecular weight excluding hydrogens is 346 g/mol. The van der Waals surface area contributed by atoms with Crippen molar-refractivity contribution in [2.75, 3.05) is 19.0 Å². The van der Waals surface area contributed by atoms with Gasteiger partial charge in [0, 0.05) is 12.3 Å². The van der Waals surface area contributed by atoms with Crippen LogP contribution in [0.5, 0.6) is 5.75 Å². The molecule has 1 unspecified atom stereocenters. The molecule has 0 heterocycles. The van der Waals surface area contributed by atoms with Crippen LogP contribution in [0.1, 0.15) is 69.7 Å². The van der Waals surface area contributed by atoms with Crippen molar-refractivity contribution < 1.29 is 23.8 Å². The molecule has 1 aliphatic carbocycles. The molecule has 1 saturated carbocycles. The third-order valence-corrected chi connectivity index (χ3v) is 4.95. The molecule has 27 heavy (non-hydrogen) atoms. The fourth-order valence-electron chi connectivity index (χ4n) is 3.21. The Morgan fingerprint density at radius 3 is 2.52 bits per heavy atom. The number of rotatable bonds is 9. The maximum absolute atomic E-state index is 12.9. The number of nitrogens with one attached hydrogen (secondary N) is 1. The van der Waals surface area contributed by atoms with E-state index >= 15 is 0 Å². The first-order valence-corrected chi connectivity index (χ1v) is 9.80. The zero-order chi connectivity index (χ0) is 19.9. The summed E-state index contributed by atoms with van der Waals surface area (Å²) in [6, 6.07) is 5.04. The number of anilines is 1. The highest BCUT2D eigenvalue weighted by Crippen LogP contribution is 2.35. The van der Waals surface area contributed by atoms with Crippen molar-refractivity contribution in [2.45, 2.75) is 71.0 Å². The van der Waals surface area contributed by atoms with Crippen LogP contribution in [0.25, 0.3) is 0 Å². The predicted octanol–water partition coefficient (Wildman–Crippen LogP) is 4.33. The van der Waals surface area contributed by atoms with Crippen molar-refractivity contribution in [1.82, 2.24) is 0 Å². The van der Waals surface area contributed by atoms with Gasteiger partial charge >= 0.3 is 5.97 Å². The van der Waals surface area contributed by atoms with Gasteiger partial charge in [0.1, 0.15) is 16.9 Å². The van der Waals surface area contributed by atoms with E-state index in [1.807, 2.05) is 20.8 Å². The second-order valence-corrected chi connectivity index (χ2v) is 7.04. The molecule has 1 aliphatic rings. The van der Waals surface area contributed by atoms with Gasteiger partial charge < -0.3 is 19.5 Å². The molecule has 1 aromatic rings. The molecule has 1 aromatic carbocycles. The van der Waals surface area contributed by atoms with Gasteiger partial charge in [-0.1, -0.05) is 13.8 Å². The molecule has 0 bridgehead atoms. The minimum Gasteiger partial charge on any atom is -0.490 e. The summed E-state index contributed by atoms with van der Waals surface area (Å²) in [4.78, 5) is 25.1. The van der Waals surface area contributed by atoms with Crippen LogP contribution >= 0.6 is 0 Å². The van der Waals surface area contributed by atoms with E-state index in [2.05, 4.69) is 5.32 Å². The molecule has 1 atom stereocenters. The van der Waals surface area contributed by atoms with Crippen molar-refractivity contribution in [3.05, 3.63) is 23.8 Å². The number of amides is 1. The molecule has 1 N–H and O–H groups in total. The maximum Gasteiger partial charge on any atom is 0.341 e. The number of carbonyl (C=O) groups excluding carboxylic acids is 2. The Hall–Kier alpha value is -2.08. The monoisotopic (exact) mass is 377 g/mol. The fraction of sp³-hybridized carbons (Fsp3) is 0.619. The summed E-state index contributed by atoms with van der Waals surface area (Å²) >= 11 is 0. The van der Waals surface area contributed by atoms with Crippen LogP contribution in [-0.4, -0.2) is 37.3 Å². The number of methoxy groups -OCH3 is 1. The van der Waals surface area contributed by atoms with Crippen LogP contribution in [0, 0.1) is 0 Å². The van der Waals surface area contributed by atoms with E-state index in [9.17, 15) is 9.59 Å². The Balaban J connectivity index is 2.22. The normalized spacial score (nSPS) is 16.6. The number of ether oxygens (including phenoxy) is 3. The van der Waals surface area contributed by atoms with E-state index in [0.717, 1.165) is 38.5 Å². The second kappa shape index (κ2) is 9.74. The Kier molecular flexibility index (Phi) is 7.66. The van der Waals surface area contributed by atoms with E-state index in [1.54, 1.807) is 18.2 Å². The van der Waals surface area contributed by atoms with Gasteiger partial charge in [0.05, 0.1) is 13.2 Å². The lowest BCUT2D eigenvalue weighted by Crippen LogP contribution is -2.43. The predicted molar refractivity (Wildman–Crippen MR) is 104 cm³/mol. The van der Waals surface area contributed by atoms with Gasteiger partial charge in [-0.25, -0.2) is 4.79 Å². The second-order valence-electron chi connectivity index (χ2n) is 7.04. The summed E-state index contributed by atoms with van der Waals surface area (Å²) in [6.07, 6.45) is 5.05. The molecule has 1 fully saturated rings. The number of esters is 1. The maximum atomic E-state index is 12.9. The number of hydrogen-bond acceptors (Lipinski definition) is 5. The summed E-state index contributed by atoms with van der Waals surface area (Å²) in [7, 11) is 1.33. The molecule has 0 saturated heterocycles. The SMILES string of the molecule is CCCOC1(C(=O)Nc2ccc(OC(C)CC)c(C(=O)OC)c2)CCCC1. The van der Waals surface area contributed by atoms with Crippen molar-refractivity contribution in [3.63, 3.8) is 0 Å². The Morgan fingerprint density at radius 2 is 1.93 bits per heavy atom. The van der Waals surface area contributed by atoms with Gasteiger partial charge in [-0.2, -0.15) is 0 Å². The van der Waals surface area contributed by atoms with Crippen LogP contribution in [-0.2, 0) is 14.3 Å². The lowest BCUT2D eigenvalue weighted by Gasteiger charge is -2.28. The molecule has 0 radical (unpaired) electrons. The molecule has 150 valence electrons. The summed E-state index contributed by atoms with van der Waals surface area (Å²) in [5.74, 6) is -0.200. The van der Waals surface area contributed by atoms with Crippen LogP contribution in [0.2, 0.25) is 0 Å². The summed E-state index contributed by atoms with van der Waals surface area (Å²) in [6.45, 7) is 6.53. The first-order chi connectivity index (χ1) is 13.0. The lowest BCUT2D eigenvalue weighted by molar-refractivity contribution is -0.140. The molecule has 0 aliphatic heterocycles. The topological polar surface area (TPSA) is 73.9 Å². The average molecular weight is 377 g/mol. The molecule has 1 amide bonds. The fourth-order valence-corrected chi connectivity index (χ4v) is 3.21. The average Bonchev–Trinajstić information content (AvgIpc) is 3.17. The van der Waals surface area contributed by atoms with Crippen LogP contribution in [0.4, 0.5) is 5.69 Å². The molecular formula is C21H31NO5. The number of carbonyl (C=O) groups is 2. The highest BCUT2D eigenvalue weighted by Gasteiger charge is 2.42. The zero-order valence-electron chi connectivity index (χ0n) is 16.8.